The first-order chi connectivity index (χ1) is 17.6. The van der Waals surface area contributed by atoms with Crippen molar-refractivity contribution in [3.63, 3.8) is 0 Å². The molecule has 0 saturated carbocycles. The van der Waals surface area contributed by atoms with Gasteiger partial charge in [-0.15, -0.1) is 0 Å². The normalized spacial score (nSPS) is 13.6. The summed E-state index contributed by atoms with van der Waals surface area (Å²) in [6, 6.07) is 7.52. The number of carbonyl (C=O) groups is 2. The molecule has 1 saturated heterocycles. The molecule has 6 rings (SSSR count). The number of aromatic nitrogens is 7. The van der Waals surface area contributed by atoms with Gasteiger partial charge in [0.25, 0.3) is 5.91 Å². The molecule has 36 heavy (non-hydrogen) atoms. The number of hydrogen-bond donors (Lipinski definition) is 2. The monoisotopic (exact) mass is 480 g/mol. The van der Waals surface area contributed by atoms with Crippen molar-refractivity contribution in [3.05, 3.63) is 54.1 Å². The van der Waals surface area contributed by atoms with Crippen molar-refractivity contribution in [2.24, 2.45) is 0 Å². The van der Waals surface area contributed by atoms with Gasteiger partial charge in [-0.3, -0.25) is 19.7 Å². The Morgan fingerprint density at radius 3 is 2.61 bits per heavy atom. The van der Waals surface area contributed by atoms with Crippen molar-refractivity contribution in [1.29, 1.82) is 0 Å². The number of pyridine rings is 3. The molecule has 1 aliphatic rings. The molecule has 5 aromatic rings. The highest BCUT2D eigenvalue weighted by Gasteiger charge is 2.23. The van der Waals surface area contributed by atoms with Crippen LogP contribution in [-0.4, -0.2) is 64.8 Å². The fraction of sp³-hybridized carbons (Fsp3) is 0.269. The largest absolute Gasteiger partial charge is 0.339 e. The van der Waals surface area contributed by atoms with Gasteiger partial charge in [-0.05, 0) is 31.0 Å². The highest BCUT2D eigenvalue weighted by Crippen LogP contribution is 2.29. The van der Waals surface area contributed by atoms with Crippen LogP contribution in [0, 0.1) is 0 Å². The molecular weight excluding hydrogens is 456 g/mol. The molecule has 0 unspecified atom stereocenters. The van der Waals surface area contributed by atoms with Gasteiger partial charge in [-0.25, -0.2) is 15.0 Å². The Morgan fingerprint density at radius 2 is 1.83 bits per heavy atom. The lowest BCUT2D eigenvalue weighted by atomic mass is 10.1. The average molecular weight is 481 g/mol. The topological polar surface area (TPSA) is 133 Å². The summed E-state index contributed by atoms with van der Waals surface area (Å²) in [5, 5.41) is 8.14. The van der Waals surface area contributed by atoms with Crippen LogP contribution in [0.2, 0.25) is 0 Å². The first kappa shape index (κ1) is 22.0. The summed E-state index contributed by atoms with van der Waals surface area (Å²) in [6.07, 6.45) is 8.00. The number of ketones is 1. The number of nitrogens with one attached hydrogen (secondary N) is 2. The summed E-state index contributed by atoms with van der Waals surface area (Å²) in [5.41, 5.74) is 5.36. The first-order valence-electron chi connectivity index (χ1n) is 12.1. The third-order valence-electron chi connectivity index (χ3n) is 6.59. The van der Waals surface area contributed by atoms with Gasteiger partial charge in [0.15, 0.2) is 17.1 Å². The molecule has 0 atom stereocenters. The highest BCUT2D eigenvalue weighted by atomic mass is 16.2. The molecule has 0 radical (unpaired) electrons. The first-order valence-corrected chi connectivity index (χ1v) is 12.1. The Morgan fingerprint density at radius 1 is 1.00 bits per heavy atom. The van der Waals surface area contributed by atoms with E-state index in [4.69, 9.17) is 0 Å². The predicted octanol–water partition coefficient (Wildman–Crippen LogP) is 3.72. The number of Topliss-reactive ketones (excluding diaryl/α,β-unsaturated/α-hetero) is 1. The Balaban J connectivity index is 1.36. The second-order valence-corrected chi connectivity index (χ2v) is 8.94. The smallest absolute Gasteiger partial charge is 0.256 e. The number of fused-ring (bicyclic) bond motifs is 2. The van der Waals surface area contributed by atoms with E-state index in [1.807, 2.05) is 30.0 Å². The maximum Gasteiger partial charge on any atom is 0.256 e. The van der Waals surface area contributed by atoms with Crippen molar-refractivity contribution in [2.75, 3.05) is 13.1 Å². The average Bonchev–Trinajstić information content (AvgIpc) is 3.67. The van der Waals surface area contributed by atoms with Crippen LogP contribution in [0.5, 0.6) is 0 Å². The Kier molecular flexibility index (Phi) is 5.48. The number of amides is 1. The molecule has 10 nitrogen and oxygen atoms in total. The van der Waals surface area contributed by atoms with Gasteiger partial charge in [0.2, 0.25) is 0 Å². The molecular formula is C26H24N8O2. The van der Waals surface area contributed by atoms with Crippen molar-refractivity contribution in [1.82, 2.24) is 40.0 Å². The highest BCUT2D eigenvalue weighted by molar-refractivity contribution is 6.05. The second kappa shape index (κ2) is 8.95. The minimum absolute atomic E-state index is 0.00916. The zero-order valence-electron chi connectivity index (χ0n) is 19.8. The maximum absolute atomic E-state index is 13.1. The Bertz CT molecular complexity index is 1600. The van der Waals surface area contributed by atoms with E-state index < -0.39 is 0 Å². The molecule has 0 aromatic carbocycles. The summed E-state index contributed by atoms with van der Waals surface area (Å²) in [7, 11) is 0. The van der Waals surface area contributed by atoms with Crippen LogP contribution in [0.3, 0.4) is 0 Å². The summed E-state index contributed by atoms with van der Waals surface area (Å²) in [5.74, 6) is 0.685. The molecule has 6 heterocycles. The molecule has 1 aliphatic heterocycles. The van der Waals surface area contributed by atoms with Gasteiger partial charge in [-0.1, -0.05) is 13.0 Å². The van der Waals surface area contributed by atoms with Gasteiger partial charge >= 0.3 is 0 Å². The Labute approximate surface area is 206 Å². The maximum atomic E-state index is 13.1. The molecule has 180 valence electrons. The quantitative estimate of drug-likeness (QED) is 0.378. The van der Waals surface area contributed by atoms with Crippen LogP contribution in [0.4, 0.5) is 0 Å². The van der Waals surface area contributed by atoms with Crippen LogP contribution < -0.4 is 0 Å². The minimum atomic E-state index is -0.00916. The fourth-order valence-corrected chi connectivity index (χ4v) is 4.56. The van der Waals surface area contributed by atoms with E-state index in [9.17, 15) is 9.59 Å². The molecule has 0 spiro atoms. The Hall–Kier alpha value is -4.47. The molecule has 0 aliphatic carbocycles. The lowest BCUT2D eigenvalue weighted by Crippen LogP contribution is -2.27. The number of hydrogen-bond acceptors (Lipinski definition) is 7. The number of nitrogens with zero attached hydrogens (tertiary/aromatic N) is 6. The molecule has 10 heteroatoms. The third-order valence-corrected chi connectivity index (χ3v) is 6.59. The zero-order valence-corrected chi connectivity index (χ0v) is 19.8. The minimum Gasteiger partial charge on any atom is -0.339 e. The SMILES string of the molecule is CCC(=O)Cc1ccc(-c2cnc3n[nH]c(-c4nc5nccc(C(=O)N6CCCC6)c5[nH]4)c3c2)cn1. The summed E-state index contributed by atoms with van der Waals surface area (Å²) < 4.78 is 0. The van der Waals surface area contributed by atoms with Crippen molar-refractivity contribution >= 4 is 33.9 Å². The van der Waals surface area contributed by atoms with E-state index in [0.717, 1.165) is 48.1 Å². The number of carbonyl (C=O) groups excluding carboxylic acids is 2. The van der Waals surface area contributed by atoms with E-state index in [-0.39, 0.29) is 11.7 Å². The van der Waals surface area contributed by atoms with Crippen LogP contribution in [0.1, 0.15) is 42.2 Å². The van der Waals surface area contributed by atoms with E-state index in [2.05, 4.69) is 35.1 Å². The number of H-pyrrole nitrogens is 2. The van der Waals surface area contributed by atoms with Gasteiger partial charge in [-0.2, -0.15) is 5.10 Å². The second-order valence-electron chi connectivity index (χ2n) is 8.94. The fourth-order valence-electron chi connectivity index (χ4n) is 4.56. The van der Waals surface area contributed by atoms with Crippen LogP contribution in [-0.2, 0) is 11.2 Å². The van der Waals surface area contributed by atoms with Crippen LogP contribution >= 0.6 is 0 Å². The third kappa shape index (κ3) is 3.90. The van der Waals surface area contributed by atoms with Gasteiger partial charge < -0.3 is 9.88 Å². The summed E-state index contributed by atoms with van der Waals surface area (Å²) in [6.45, 7) is 3.40. The van der Waals surface area contributed by atoms with E-state index >= 15 is 0 Å². The molecule has 2 N–H and O–H groups in total. The van der Waals surface area contributed by atoms with E-state index in [1.54, 1.807) is 24.7 Å². The predicted molar refractivity (Wildman–Crippen MR) is 134 cm³/mol. The molecule has 1 amide bonds. The van der Waals surface area contributed by atoms with Crippen molar-refractivity contribution < 1.29 is 9.59 Å². The van der Waals surface area contributed by atoms with Crippen LogP contribution in [0.25, 0.3) is 44.8 Å². The van der Waals surface area contributed by atoms with E-state index in [0.29, 0.717) is 46.7 Å². The molecule has 0 bridgehead atoms. The molecule has 5 aromatic heterocycles. The standard InChI is InChI=1S/C26H24N8O2/c1-2-18(35)12-17-6-5-15(13-28-17)16-11-20-22(32-33-23(20)29-14-16)25-30-21-19(7-8-27-24(21)31-25)26(36)34-9-3-4-10-34/h5-8,11,13-14H,2-4,9-10,12H2,1H3,(H,27,30,31)(H,29,32,33). The van der Waals surface area contributed by atoms with Gasteiger partial charge in [0, 0.05) is 61.3 Å². The van der Waals surface area contributed by atoms with E-state index in [1.165, 1.54) is 0 Å². The van der Waals surface area contributed by atoms with Crippen molar-refractivity contribution in [3.8, 4) is 22.6 Å². The summed E-state index contributed by atoms with van der Waals surface area (Å²) in [4.78, 5) is 47.9. The lowest BCUT2D eigenvalue weighted by Gasteiger charge is -2.15. The number of aromatic amines is 2. The number of rotatable bonds is 6. The lowest BCUT2D eigenvalue weighted by molar-refractivity contribution is -0.118. The van der Waals surface area contributed by atoms with Gasteiger partial charge in [0.05, 0.1) is 16.5 Å². The number of imidazole rings is 1. The summed E-state index contributed by atoms with van der Waals surface area (Å²) >= 11 is 0. The number of likely N-dealkylation sites (tertiary alicyclic amines) is 1. The molecule has 1 fully saturated rings. The van der Waals surface area contributed by atoms with Crippen LogP contribution in [0.15, 0.2) is 42.9 Å². The van der Waals surface area contributed by atoms with Crippen molar-refractivity contribution in [2.45, 2.75) is 32.6 Å². The zero-order chi connectivity index (χ0) is 24.6. The van der Waals surface area contributed by atoms with Gasteiger partial charge in [0.1, 0.15) is 11.5 Å².